The van der Waals surface area contributed by atoms with E-state index in [9.17, 15) is 4.79 Å². The quantitative estimate of drug-likeness (QED) is 0.665. The molecule has 0 spiro atoms. The zero-order chi connectivity index (χ0) is 17.6. The van der Waals surface area contributed by atoms with Crippen molar-refractivity contribution in [3.63, 3.8) is 0 Å². The molecule has 4 rings (SSSR count). The van der Waals surface area contributed by atoms with Gasteiger partial charge in [-0.1, -0.05) is 23.2 Å². The average molecular weight is 397 g/mol. The normalized spacial score (nSPS) is 15.2. The Balaban J connectivity index is 1.52. The van der Waals surface area contributed by atoms with E-state index in [4.69, 9.17) is 23.2 Å². The van der Waals surface area contributed by atoms with Gasteiger partial charge < -0.3 is 9.80 Å². The number of aromatic nitrogens is 4. The van der Waals surface area contributed by atoms with Crippen LogP contribution in [0.3, 0.4) is 0 Å². The first-order valence-corrected chi connectivity index (χ1v) is 9.26. The van der Waals surface area contributed by atoms with Gasteiger partial charge in [0.15, 0.2) is 0 Å². The molecule has 10 heteroatoms. The summed E-state index contributed by atoms with van der Waals surface area (Å²) in [5.74, 6) is 1.43. The number of carbonyl (C=O) groups excluding carboxylic acids is 1. The molecule has 0 atom stereocenters. The summed E-state index contributed by atoms with van der Waals surface area (Å²) in [4.78, 5) is 25.1. The molecule has 3 aromatic heterocycles. The van der Waals surface area contributed by atoms with Gasteiger partial charge in [0.05, 0.1) is 9.90 Å². The van der Waals surface area contributed by atoms with Gasteiger partial charge in [-0.05, 0) is 13.0 Å². The van der Waals surface area contributed by atoms with Crippen molar-refractivity contribution in [3.05, 3.63) is 38.4 Å². The predicted octanol–water partition coefficient (Wildman–Crippen LogP) is 2.76. The molecule has 1 amide bonds. The maximum absolute atomic E-state index is 12.6. The predicted molar refractivity (Wildman–Crippen MR) is 98.0 cm³/mol. The van der Waals surface area contributed by atoms with E-state index in [0.717, 1.165) is 11.5 Å². The second-order valence-corrected chi connectivity index (χ2v) is 8.03. The molecule has 0 saturated carbocycles. The smallest absolute Gasteiger partial charge is 0.256 e. The van der Waals surface area contributed by atoms with Gasteiger partial charge in [0.25, 0.3) is 11.7 Å². The first-order valence-electron chi connectivity index (χ1n) is 7.69. The average Bonchev–Trinajstić information content (AvgIpc) is 3.19. The van der Waals surface area contributed by atoms with E-state index in [1.54, 1.807) is 15.5 Å². The molecule has 0 N–H and O–H groups in total. The van der Waals surface area contributed by atoms with Crippen molar-refractivity contribution in [1.82, 2.24) is 24.5 Å². The molecule has 130 valence electrons. The van der Waals surface area contributed by atoms with Gasteiger partial charge in [-0.2, -0.15) is 14.6 Å². The Morgan fingerprint density at radius 3 is 2.64 bits per heavy atom. The first-order chi connectivity index (χ1) is 12.0. The number of hydrogen-bond donors (Lipinski definition) is 0. The Kier molecular flexibility index (Phi) is 4.26. The number of aryl methyl sites for hydroxylation is 1. The zero-order valence-electron chi connectivity index (χ0n) is 13.3. The lowest BCUT2D eigenvalue weighted by atomic mass is 10.2. The molecule has 1 fully saturated rings. The van der Waals surface area contributed by atoms with Crippen LogP contribution in [0.25, 0.3) is 5.78 Å². The van der Waals surface area contributed by atoms with E-state index in [0.29, 0.717) is 46.2 Å². The summed E-state index contributed by atoms with van der Waals surface area (Å²) in [7, 11) is 0. The number of carbonyl (C=O) groups is 1. The number of piperazine rings is 1. The lowest BCUT2D eigenvalue weighted by Gasteiger charge is -2.35. The molecule has 1 aliphatic rings. The van der Waals surface area contributed by atoms with Gasteiger partial charge in [-0.3, -0.25) is 4.79 Å². The fourth-order valence-electron chi connectivity index (χ4n) is 2.93. The monoisotopic (exact) mass is 396 g/mol. The second kappa shape index (κ2) is 6.44. The second-order valence-electron chi connectivity index (χ2n) is 5.74. The van der Waals surface area contributed by atoms with Crippen LogP contribution in [0, 0.1) is 6.92 Å². The molecule has 1 aliphatic heterocycles. The molecule has 0 bridgehead atoms. The van der Waals surface area contributed by atoms with E-state index in [1.165, 1.54) is 17.7 Å². The summed E-state index contributed by atoms with van der Waals surface area (Å²) >= 11 is 13.3. The Hall–Kier alpha value is -1.90. The molecule has 25 heavy (non-hydrogen) atoms. The molecular weight excluding hydrogens is 383 g/mol. The third-order valence-electron chi connectivity index (χ3n) is 4.14. The highest BCUT2D eigenvalue weighted by molar-refractivity contribution is 7.20. The number of fused-ring (bicyclic) bond motifs is 1. The van der Waals surface area contributed by atoms with Gasteiger partial charge in [0, 0.05) is 37.9 Å². The van der Waals surface area contributed by atoms with Crippen LogP contribution in [-0.4, -0.2) is 56.6 Å². The van der Waals surface area contributed by atoms with Gasteiger partial charge in [0.1, 0.15) is 16.5 Å². The van der Waals surface area contributed by atoms with Crippen molar-refractivity contribution in [1.29, 1.82) is 0 Å². The van der Waals surface area contributed by atoms with E-state index in [-0.39, 0.29) is 5.91 Å². The summed E-state index contributed by atoms with van der Waals surface area (Å²) in [5, 5.41) is 4.24. The third kappa shape index (κ3) is 3.05. The highest BCUT2D eigenvalue weighted by atomic mass is 35.5. The van der Waals surface area contributed by atoms with Crippen LogP contribution in [0.2, 0.25) is 8.67 Å². The number of amides is 1. The minimum Gasteiger partial charge on any atom is -0.353 e. The number of nitrogens with zero attached hydrogens (tertiary/aromatic N) is 6. The highest BCUT2D eigenvalue weighted by Crippen LogP contribution is 2.32. The van der Waals surface area contributed by atoms with Gasteiger partial charge in [0.2, 0.25) is 0 Å². The van der Waals surface area contributed by atoms with Crippen LogP contribution in [0.15, 0.2) is 18.5 Å². The molecular formula is C15H14Cl2N6OS. The van der Waals surface area contributed by atoms with Crippen LogP contribution >= 0.6 is 34.5 Å². The Morgan fingerprint density at radius 1 is 1.20 bits per heavy atom. The maximum Gasteiger partial charge on any atom is 0.256 e. The molecule has 4 heterocycles. The number of halogens is 2. The number of thiophene rings is 1. The molecule has 0 unspecified atom stereocenters. The molecule has 0 aromatic carbocycles. The summed E-state index contributed by atoms with van der Waals surface area (Å²) < 4.78 is 2.68. The first kappa shape index (κ1) is 16.6. The summed E-state index contributed by atoms with van der Waals surface area (Å²) in [6.07, 6.45) is 1.49. The Labute approximate surface area is 157 Å². The Morgan fingerprint density at radius 2 is 1.96 bits per heavy atom. The van der Waals surface area contributed by atoms with Crippen LogP contribution in [-0.2, 0) is 0 Å². The van der Waals surface area contributed by atoms with E-state index >= 15 is 0 Å². The van der Waals surface area contributed by atoms with E-state index < -0.39 is 0 Å². The fraction of sp³-hybridized carbons (Fsp3) is 0.333. The number of hydrogen-bond acceptors (Lipinski definition) is 6. The summed E-state index contributed by atoms with van der Waals surface area (Å²) in [6.45, 7) is 4.51. The van der Waals surface area contributed by atoms with Crippen LogP contribution in [0.5, 0.6) is 0 Å². The maximum atomic E-state index is 12.6. The van der Waals surface area contributed by atoms with Crippen molar-refractivity contribution < 1.29 is 4.79 Å². The van der Waals surface area contributed by atoms with Gasteiger partial charge >= 0.3 is 0 Å². The lowest BCUT2D eigenvalue weighted by molar-refractivity contribution is 0.0747. The van der Waals surface area contributed by atoms with E-state index in [1.807, 2.05) is 13.0 Å². The Bertz CT molecular complexity index is 947. The third-order valence-corrected chi connectivity index (χ3v) is 5.63. The van der Waals surface area contributed by atoms with Crippen molar-refractivity contribution in [2.45, 2.75) is 6.92 Å². The van der Waals surface area contributed by atoms with Crippen molar-refractivity contribution in [3.8, 4) is 0 Å². The molecule has 3 aromatic rings. The lowest BCUT2D eigenvalue weighted by Crippen LogP contribution is -2.49. The van der Waals surface area contributed by atoms with Gasteiger partial charge in [-0.25, -0.2) is 4.98 Å². The topological polar surface area (TPSA) is 66.6 Å². The summed E-state index contributed by atoms with van der Waals surface area (Å²) in [6, 6.07) is 3.61. The molecule has 7 nitrogen and oxygen atoms in total. The molecule has 0 radical (unpaired) electrons. The largest absolute Gasteiger partial charge is 0.353 e. The van der Waals surface area contributed by atoms with E-state index in [2.05, 4.69) is 20.0 Å². The number of anilines is 1. The molecule has 0 aliphatic carbocycles. The zero-order valence-corrected chi connectivity index (χ0v) is 15.6. The standard InChI is InChI=1S/C15H14Cl2N6OS/c1-9-6-12(23-15(20-9)18-8-19-23)21-2-4-22(5-3-21)14(24)10-7-11(16)25-13(10)17/h6-8H,2-5H2,1H3. The minimum atomic E-state index is -0.0791. The molecule has 1 saturated heterocycles. The minimum absolute atomic E-state index is 0.0791. The summed E-state index contributed by atoms with van der Waals surface area (Å²) in [5.41, 5.74) is 1.36. The van der Waals surface area contributed by atoms with Crippen LogP contribution in [0.1, 0.15) is 16.1 Å². The van der Waals surface area contributed by atoms with Crippen LogP contribution in [0.4, 0.5) is 5.82 Å². The van der Waals surface area contributed by atoms with Gasteiger partial charge in [-0.15, -0.1) is 11.3 Å². The van der Waals surface area contributed by atoms with Crippen molar-refractivity contribution >= 4 is 52.0 Å². The fourth-order valence-corrected chi connectivity index (χ4v) is 4.38. The SMILES string of the molecule is Cc1cc(N2CCN(C(=O)c3cc(Cl)sc3Cl)CC2)n2ncnc2n1. The number of rotatable bonds is 2. The van der Waals surface area contributed by atoms with Crippen molar-refractivity contribution in [2.75, 3.05) is 31.1 Å². The van der Waals surface area contributed by atoms with Crippen molar-refractivity contribution in [2.24, 2.45) is 0 Å². The van der Waals surface area contributed by atoms with Crippen LogP contribution < -0.4 is 4.90 Å². The highest BCUT2D eigenvalue weighted by Gasteiger charge is 2.26.